The van der Waals surface area contributed by atoms with Crippen molar-refractivity contribution in [2.75, 3.05) is 34.3 Å². The molecular weight excluding hydrogens is 541 g/mol. The minimum absolute atomic E-state index is 0.0871. The Morgan fingerprint density at radius 1 is 1.15 bits per heavy atom. The van der Waals surface area contributed by atoms with E-state index in [1.165, 1.54) is 35.1 Å². The number of hydrogen-bond donors (Lipinski definition) is 0. The van der Waals surface area contributed by atoms with Crippen LogP contribution < -0.4 is 4.74 Å². The second-order valence-corrected chi connectivity index (χ2v) is 10.7. The number of carbonyl (C=O) groups is 2. The molecule has 5 nitrogen and oxygen atoms in total. The molecule has 2 amide bonds. The Labute approximate surface area is 239 Å². The summed E-state index contributed by atoms with van der Waals surface area (Å²) in [6.45, 7) is 2.31. The van der Waals surface area contributed by atoms with Crippen molar-refractivity contribution in [2.45, 2.75) is 51.1 Å². The van der Waals surface area contributed by atoms with Crippen LogP contribution in [0.1, 0.15) is 60.0 Å². The Morgan fingerprint density at radius 2 is 1.85 bits per heavy atom. The fraction of sp³-hybridized carbons (Fsp3) is 0.484. The van der Waals surface area contributed by atoms with Crippen molar-refractivity contribution in [3.8, 4) is 17.6 Å². The van der Waals surface area contributed by atoms with Crippen molar-refractivity contribution in [1.82, 2.24) is 9.80 Å². The predicted molar refractivity (Wildman–Crippen MR) is 150 cm³/mol. The molecule has 3 rings (SSSR count). The third-order valence-corrected chi connectivity index (χ3v) is 7.71. The van der Waals surface area contributed by atoms with E-state index in [0.717, 1.165) is 24.8 Å². The largest absolute Gasteiger partial charge is 0.497 e. The molecule has 1 unspecified atom stereocenters. The Morgan fingerprint density at radius 3 is 2.42 bits per heavy atom. The van der Waals surface area contributed by atoms with Crippen molar-refractivity contribution < 1.29 is 27.5 Å². The number of halogens is 4. The number of rotatable bonds is 9. The molecule has 2 aromatic carbocycles. The zero-order valence-electron chi connectivity index (χ0n) is 23.4. The van der Waals surface area contributed by atoms with Gasteiger partial charge in [0.1, 0.15) is 5.75 Å². The lowest BCUT2D eigenvalue weighted by molar-refractivity contribution is -0.173. The molecule has 1 aliphatic heterocycles. The third kappa shape index (κ3) is 7.94. The van der Waals surface area contributed by atoms with Gasteiger partial charge in [-0.15, -0.1) is 5.92 Å². The van der Waals surface area contributed by atoms with E-state index in [1.54, 1.807) is 33.2 Å². The molecular formula is C31H36ClF3N2O3. The van der Waals surface area contributed by atoms with E-state index in [-0.39, 0.29) is 42.1 Å². The summed E-state index contributed by atoms with van der Waals surface area (Å²) < 4.78 is 47.1. The number of ether oxygens (including phenoxy) is 1. The number of amides is 2. The summed E-state index contributed by atoms with van der Waals surface area (Å²) in [7, 11) is 4.73. The molecule has 0 saturated carbocycles. The van der Waals surface area contributed by atoms with E-state index in [0.29, 0.717) is 23.4 Å². The molecule has 0 bridgehead atoms. The van der Waals surface area contributed by atoms with Crippen LogP contribution in [0.5, 0.6) is 5.75 Å². The molecule has 0 radical (unpaired) electrons. The topological polar surface area (TPSA) is 49.9 Å². The molecule has 0 aromatic heterocycles. The van der Waals surface area contributed by atoms with Crippen LogP contribution >= 0.6 is 11.6 Å². The molecule has 0 aliphatic carbocycles. The monoisotopic (exact) mass is 576 g/mol. The number of aryl methyl sites for hydroxylation is 1. The lowest BCUT2D eigenvalue weighted by Crippen LogP contribution is -2.45. The van der Waals surface area contributed by atoms with Crippen LogP contribution in [-0.4, -0.2) is 62.1 Å². The van der Waals surface area contributed by atoms with Crippen LogP contribution in [0.4, 0.5) is 13.2 Å². The lowest BCUT2D eigenvalue weighted by Gasteiger charge is -2.36. The highest BCUT2D eigenvalue weighted by atomic mass is 35.5. The van der Waals surface area contributed by atoms with Crippen molar-refractivity contribution in [3.63, 3.8) is 0 Å². The molecule has 1 fully saturated rings. The molecule has 1 saturated heterocycles. The van der Waals surface area contributed by atoms with Gasteiger partial charge in [-0.25, -0.2) is 0 Å². The van der Waals surface area contributed by atoms with Crippen LogP contribution in [0.25, 0.3) is 0 Å². The van der Waals surface area contributed by atoms with Gasteiger partial charge in [0.15, 0.2) is 5.92 Å². The van der Waals surface area contributed by atoms with Crippen LogP contribution in [0, 0.1) is 23.7 Å². The smallest absolute Gasteiger partial charge is 0.404 e. The van der Waals surface area contributed by atoms with Crippen molar-refractivity contribution in [2.24, 2.45) is 11.8 Å². The number of piperidine rings is 1. The van der Waals surface area contributed by atoms with Gasteiger partial charge in [-0.3, -0.25) is 9.59 Å². The summed E-state index contributed by atoms with van der Waals surface area (Å²) in [6, 6.07) is 11.1. The van der Waals surface area contributed by atoms with Crippen LogP contribution in [0.3, 0.4) is 0 Å². The first kappa shape index (κ1) is 31.3. The number of hydrogen-bond acceptors (Lipinski definition) is 3. The van der Waals surface area contributed by atoms with Crippen molar-refractivity contribution in [1.29, 1.82) is 0 Å². The molecule has 1 aliphatic rings. The molecule has 216 valence electrons. The van der Waals surface area contributed by atoms with Crippen LogP contribution in [-0.2, 0) is 11.2 Å². The van der Waals surface area contributed by atoms with Crippen LogP contribution in [0.15, 0.2) is 42.5 Å². The van der Waals surface area contributed by atoms with Gasteiger partial charge in [0, 0.05) is 33.1 Å². The van der Waals surface area contributed by atoms with E-state index in [4.69, 9.17) is 16.3 Å². The van der Waals surface area contributed by atoms with Gasteiger partial charge in [-0.05, 0) is 80.3 Å². The molecule has 1 heterocycles. The molecule has 0 N–H and O–H groups in total. The van der Waals surface area contributed by atoms with Gasteiger partial charge >= 0.3 is 6.18 Å². The minimum Gasteiger partial charge on any atom is -0.497 e. The zero-order valence-corrected chi connectivity index (χ0v) is 24.1. The Balaban J connectivity index is 1.60. The Bertz CT molecular complexity index is 1240. The minimum atomic E-state index is -4.71. The number of carbonyl (C=O) groups excluding carboxylic acids is 2. The molecule has 2 aromatic rings. The average Bonchev–Trinajstić information content (AvgIpc) is 2.91. The summed E-state index contributed by atoms with van der Waals surface area (Å²) in [6.07, 6.45) is -1.07. The van der Waals surface area contributed by atoms with E-state index >= 15 is 0 Å². The SMILES string of the molecule is CC#C[C@H](CCCc1ccc(C(=O)N(C)C)c(Cl)c1)C1CCN(C(=O)C(c2cccc(OC)c2)C(F)(F)F)CC1. The lowest BCUT2D eigenvalue weighted by atomic mass is 9.81. The zero-order chi connectivity index (χ0) is 29.4. The maximum Gasteiger partial charge on any atom is 0.404 e. The summed E-state index contributed by atoms with van der Waals surface area (Å²) >= 11 is 6.35. The second-order valence-electron chi connectivity index (χ2n) is 10.3. The quantitative estimate of drug-likeness (QED) is 0.316. The molecule has 9 heteroatoms. The highest BCUT2D eigenvalue weighted by molar-refractivity contribution is 6.33. The van der Waals surface area contributed by atoms with Gasteiger partial charge in [0.25, 0.3) is 5.91 Å². The fourth-order valence-corrected chi connectivity index (χ4v) is 5.55. The maximum absolute atomic E-state index is 14.0. The van der Waals surface area contributed by atoms with Gasteiger partial charge in [0.2, 0.25) is 5.91 Å². The van der Waals surface area contributed by atoms with E-state index in [1.807, 2.05) is 12.1 Å². The van der Waals surface area contributed by atoms with E-state index in [2.05, 4.69) is 11.8 Å². The van der Waals surface area contributed by atoms with Gasteiger partial charge in [0.05, 0.1) is 17.7 Å². The van der Waals surface area contributed by atoms with Crippen molar-refractivity contribution in [3.05, 3.63) is 64.2 Å². The normalized spacial score (nSPS) is 15.6. The summed E-state index contributed by atoms with van der Waals surface area (Å²) in [4.78, 5) is 28.1. The average molecular weight is 577 g/mol. The molecule has 40 heavy (non-hydrogen) atoms. The first-order valence-electron chi connectivity index (χ1n) is 13.4. The number of nitrogens with zero attached hydrogens (tertiary/aromatic N) is 2. The number of methoxy groups -OCH3 is 1. The van der Waals surface area contributed by atoms with E-state index < -0.39 is 18.0 Å². The molecule has 0 spiro atoms. The Hall–Kier alpha value is -3.18. The van der Waals surface area contributed by atoms with Crippen LogP contribution in [0.2, 0.25) is 5.02 Å². The molecule has 2 atom stereocenters. The number of likely N-dealkylation sites (tertiary alicyclic amines) is 1. The fourth-order valence-electron chi connectivity index (χ4n) is 5.26. The number of alkyl halides is 3. The first-order valence-corrected chi connectivity index (χ1v) is 13.8. The number of benzene rings is 2. The highest BCUT2D eigenvalue weighted by Gasteiger charge is 2.48. The second kappa shape index (κ2) is 13.9. The van der Waals surface area contributed by atoms with Gasteiger partial charge < -0.3 is 14.5 Å². The van der Waals surface area contributed by atoms with Gasteiger partial charge in [-0.1, -0.05) is 35.7 Å². The summed E-state index contributed by atoms with van der Waals surface area (Å²) in [5, 5.41) is 0.421. The van der Waals surface area contributed by atoms with E-state index in [9.17, 15) is 22.8 Å². The summed E-state index contributed by atoms with van der Waals surface area (Å²) in [5.74, 6) is 3.56. The Kier molecular flexibility index (Phi) is 10.9. The highest BCUT2D eigenvalue weighted by Crippen LogP contribution is 2.39. The summed E-state index contributed by atoms with van der Waals surface area (Å²) in [5.41, 5.74) is 1.37. The van der Waals surface area contributed by atoms with Crippen molar-refractivity contribution >= 4 is 23.4 Å². The third-order valence-electron chi connectivity index (χ3n) is 7.40. The predicted octanol–water partition coefficient (Wildman–Crippen LogP) is 6.60. The maximum atomic E-state index is 14.0. The van der Waals surface area contributed by atoms with Gasteiger partial charge in [-0.2, -0.15) is 13.2 Å². The standard InChI is InChI=1S/C31H36ClF3N2O3/c1-5-8-22(10-6-9-21-13-14-26(27(32)19-21)29(38)36(2)3)23-15-17-37(18-16-23)30(39)28(31(33,34)35)24-11-7-12-25(20-24)40-4/h7,11-14,19-20,22-23,28H,6,9-10,15-18H2,1-4H3/t22-,28?/m1/s1. The first-order chi connectivity index (χ1) is 19.0.